The molecule has 16 heavy (non-hydrogen) atoms. The van der Waals surface area contributed by atoms with Crippen molar-refractivity contribution < 1.29 is 14.6 Å². The van der Waals surface area contributed by atoms with E-state index in [0.717, 1.165) is 34.2 Å². The van der Waals surface area contributed by atoms with Gasteiger partial charge in [0.25, 0.3) is 0 Å². The lowest BCUT2D eigenvalue weighted by molar-refractivity contribution is 0.287. The fraction of sp³-hybridized carbons (Fsp3) is 0.500. The molecule has 0 heterocycles. The van der Waals surface area contributed by atoms with Crippen LogP contribution in [0.3, 0.4) is 0 Å². The van der Waals surface area contributed by atoms with E-state index in [0.29, 0.717) is 5.75 Å². The highest BCUT2D eigenvalue weighted by molar-refractivity contribution is 9.10. The minimum absolute atomic E-state index is 0.178. The Kier molecular flexibility index (Phi) is 5.09. The molecule has 3 nitrogen and oxygen atoms in total. The maximum atomic E-state index is 8.89. The van der Waals surface area contributed by atoms with Crippen LogP contribution in [-0.2, 0) is 6.42 Å². The van der Waals surface area contributed by atoms with E-state index in [1.807, 2.05) is 13.0 Å². The number of benzene rings is 1. The summed E-state index contributed by atoms with van der Waals surface area (Å²) in [6.07, 6.45) is 1.50. The Labute approximate surface area is 105 Å². The Morgan fingerprint density at radius 2 is 2.00 bits per heavy atom. The second kappa shape index (κ2) is 6.11. The van der Waals surface area contributed by atoms with Crippen molar-refractivity contribution in [3.63, 3.8) is 0 Å². The maximum Gasteiger partial charge on any atom is 0.164 e. The van der Waals surface area contributed by atoms with Gasteiger partial charge in [0.05, 0.1) is 14.2 Å². The van der Waals surface area contributed by atoms with E-state index in [1.165, 1.54) is 0 Å². The van der Waals surface area contributed by atoms with Gasteiger partial charge in [0.2, 0.25) is 0 Å². The SMILES string of the molecule is COc1cc(Br)c(C)c(CCCO)c1OC. The summed E-state index contributed by atoms with van der Waals surface area (Å²) >= 11 is 3.49. The van der Waals surface area contributed by atoms with Crippen LogP contribution in [0.4, 0.5) is 0 Å². The lowest BCUT2D eigenvalue weighted by atomic mass is 10.0. The van der Waals surface area contributed by atoms with Crippen molar-refractivity contribution in [1.82, 2.24) is 0 Å². The zero-order valence-electron chi connectivity index (χ0n) is 9.84. The monoisotopic (exact) mass is 288 g/mol. The first-order chi connectivity index (χ1) is 7.65. The molecule has 1 N–H and O–H groups in total. The largest absolute Gasteiger partial charge is 0.493 e. The van der Waals surface area contributed by atoms with E-state index in [1.54, 1.807) is 14.2 Å². The van der Waals surface area contributed by atoms with Crippen molar-refractivity contribution in [3.8, 4) is 11.5 Å². The molecule has 0 radical (unpaired) electrons. The second-order valence-electron chi connectivity index (χ2n) is 3.52. The van der Waals surface area contributed by atoms with Crippen LogP contribution in [0.15, 0.2) is 10.5 Å². The lowest BCUT2D eigenvalue weighted by Crippen LogP contribution is -2.01. The molecular weight excluding hydrogens is 272 g/mol. The minimum Gasteiger partial charge on any atom is -0.493 e. The summed E-state index contributed by atoms with van der Waals surface area (Å²) < 4.78 is 11.6. The van der Waals surface area contributed by atoms with E-state index >= 15 is 0 Å². The molecule has 1 aromatic rings. The molecule has 0 saturated heterocycles. The first-order valence-corrected chi connectivity index (χ1v) is 5.95. The van der Waals surface area contributed by atoms with Crippen LogP contribution in [0.25, 0.3) is 0 Å². The first kappa shape index (κ1) is 13.3. The summed E-state index contributed by atoms with van der Waals surface area (Å²) in [6.45, 7) is 2.20. The van der Waals surface area contributed by atoms with Gasteiger partial charge in [0, 0.05) is 16.6 Å². The molecule has 1 rings (SSSR count). The third kappa shape index (κ3) is 2.68. The topological polar surface area (TPSA) is 38.7 Å². The predicted molar refractivity (Wildman–Crippen MR) is 67.4 cm³/mol. The van der Waals surface area contributed by atoms with Crippen LogP contribution < -0.4 is 9.47 Å². The van der Waals surface area contributed by atoms with E-state index in [-0.39, 0.29) is 6.61 Å². The Balaban J connectivity index is 3.23. The molecule has 0 spiro atoms. The van der Waals surface area contributed by atoms with Gasteiger partial charge in [-0.05, 0) is 31.4 Å². The average Bonchev–Trinajstić information content (AvgIpc) is 2.30. The highest BCUT2D eigenvalue weighted by atomic mass is 79.9. The third-order valence-electron chi connectivity index (χ3n) is 2.58. The lowest BCUT2D eigenvalue weighted by Gasteiger charge is -2.16. The second-order valence-corrected chi connectivity index (χ2v) is 4.38. The van der Waals surface area contributed by atoms with Crippen LogP contribution in [-0.4, -0.2) is 25.9 Å². The van der Waals surface area contributed by atoms with E-state index in [9.17, 15) is 0 Å². The number of aliphatic hydroxyl groups excluding tert-OH is 1. The Morgan fingerprint density at radius 1 is 1.31 bits per heavy atom. The van der Waals surface area contributed by atoms with Crippen LogP contribution >= 0.6 is 15.9 Å². The molecule has 0 amide bonds. The normalized spacial score (nSPS) is 10.3. The van der Waals surface area contributed by atoms with E-state index in [4.69, 9.17) is 14.6 Å². The molecule has 0 bridgehead atoms. The Hall–Kier alpha value is -0.740. The molecule has 90 valence electrons. The van der Waals surface area contributed by atoms with Gasteiger partial charge in [-0.2, -0.15) is 0 Å². The van der Waals surface area contributed by atoms with Crippen LogP contribution in [0.2, 0.25) is 0 Å². The van der Waals surface area contributed by atoms with Crippen molar-refractivity contribution in [1.29, 1.82) is 0 Å². The number of hydrogen-bond donors (Lipinski definition) is 1. The van der Waals surface area contributed by atoms with E-state index < -0.39 is 0 Å². The fourth-order valence-corrected chi connectivity index (χ4v) is 2.13. The zero-order chi connectivity index (χ0) is 12.1. The molecule has 1 aromatic carbocycles. The zero-order valence-corrected chi connectivity index (χ0v) is 11.4. The Bertz CT molecular complexity index is 364. The number of ether oxygens (including phenoxy) is 2. The van der Waals surface area contributed by atoms with Crippen molar-refractivity contribution in [3.05, 3.63) is 21.7 Å². The summed E-state index contributed by atoms with van der Waals surface area (Å²) in [6, 6.07) is 1.90. The number of aliphatic hydroxyl groups is 1. The van der Waals surface area contributed by atoms with Crippen molar-refractivity contribution in [2.45, 2.75) is 19.8 Å². The highest BCUT2D eigenvalue weighted by Crippen LogP contribution is 2.38. The van der Waals surface area contributed by atoms with Gasteiger partial charge in [-0.25, -0.2) is 0 Å². The summed E-state index contributed by atoms with van der Waals surface area (Å²) in [7, 11) is 3.25. The predicted octanol–water partition coefficient (Wildman–Crippen LogP) is 2.70. The summed E-state index contributed by atoms with van der Waals surface area (Å²) in [5, 5.41) is 8.89. The van der Waals surface area contributed by atoms with Gasteiger partial charge in [-0.1, -0.05) is 15.9 Å². The van der Waals surface area contributed by atoms with Crippen molar-refractivity contribution in [2.24, 2.45) is 0 Å². The van der Waals surface area contributed by atoms with Crippen LogP contribution in [0.5, 0.6) is 11.5 Å². The van der Waals surface area contributed by atoms with E-state index in [2.05, 4.69) is 15.9 Å². The quantitative estimate of drug-likeness (QED) is 0.905. The number of halogens is 1. The van der Waals surface area contributed by atoms with Gasteiger partial charge in [-0.3, -0.25) is 0 Å². The summed E-state index contributed by atoms with van der Waals surface area (Å²) in [5.74, 6) is 1.48. The Morgan fingerprint density at radius 3 is 2.50 bits per heavy atom. The van der Waals surface area contributed by atoms with Crippen molar-refractivity contribution in [2.75, 3.05) is 20.8 Å². The highest BCUT2D eigenvalue weighted by Gasteiger charge is 2.15. The molecule has 0 atom stereocenters. The summed E-state index contributed by atoms with van der Waals surface area (Å²) in [4.78, 5) is 0. The number of rotatable bonds is 5. The van der Waals surface area contributed by atoms with Gasteiger partial charge in [0.15, 0.2) is 11.5 Å². The fourth-order valence-electron chi connectivity index (χ4n) is 1.68. The van der Waals surface area contributed by atoms with Crippen LogP contribution in [0.1, 0.15) is 17.5 Å². The number of methoxy groups -OCH3 is 2. The first-order valence-electron chi connectivity index (χ1n) is 5.16. The number of hydrogen-bond acceptors (Lipinski definition) is 3. The van der Waals surface area contributed by atoms with Gasteiger partial charge in [-0.15, -0.1) is 0 Å². The third-order valence-corrected chi connectivity index (χ3v) is 3.40. The van der Waals surface area contributed by atoms with Gasteiger partial charge < -0.3 is 14.6 Å². The maximum absolute atomic E-state index is 8.89. The molecule has 0 fully saturated rings. The molecule has 0 saturated carbocycles. The van der Waals surface area contributed by atoms with Crippen LogP contribution in [0, 0.1) is 6.92 Å². The molecule has 0 unspecified atom stereocenters. The van der Waals surface area contributed by atoms with Gasteiger partial charge in [0.1, 0.15) is 0 Å². The average molecular weight is 289 g/mol. The van der Waals surface area contributed by atoms with Gasteiger partial charge >= 0.3 is 0 Å². The molecule has 0 aliphatic rings. The minimum atomic E-state index is 0.178. The molecular formula is C12H17BrO3. The molecule has 0 aliphatic carbocycles. The molecule has 0 aromatic heterocycles. The van der Waals surface area contributed by atoms with Crippen molar-refractivity contribution >= 4 is 15.9 Å². The standard InChI is InChI=1S/C12H17BrO3/c1-8-9(5-4-6-14)12(16-3)11(15-2)7-10(8)13/h7,14H,4-6H2,1-3H3. The summed E-state index contributed by atoms with van der Waals surface area (Å²) in [5.41, 5.74) is 2.22. The molecule has 0 aliphatic heterocycles. The molecule has 4 heteroatoms. The smallest absolute Gasteiger partial charge is 0.164 e.